The van der Waals surface area contributed by atoms with E-state index in [9.17, 15) is 9.18 Å². The molecule has 12 nitrogen and oxygen atoms in total. The molecular weight excluding hydrogens is 429 g/mol. The number of fused-ring (bicyclic) bond motifs is 1. The number of piperazine rings is 1. The molecule has 1 aliphatic heterocycles. The lowest BCUT2D eigenvalue weighted by molar-refractivity contribution is -0.121. The fourth-order valence-corrected chi connectivity index (χ4v) is 3.88. The summed E-state index contributed by atoms with van der Waals surface area (Å²) >= 11 is 0. The first-order valence-corrected chi connectivity index (χ1v) is 10.6. The van der Waals surface area contributed by atoms with Gasteiger partial charge in [0.2, 0.25) is 5.91 Å². The quantitative estimate of drug-likeness (QED) is 0.417. The van der Waals surface area contributed by atoms with Crippen molar-refractivity contribution in [3.05, 3.63) is 48.9 Å². The van der Waals surface area contributed by atoms with E-state index in [1.807, 2.05) is 0 Å². The number of nitrogens with zero attached hydrogens (tertiary/aromatic N) is 10. The van der Waals surface area contributed by atoms with Crippen molar-refractivity contribution < 1.29 is 9.18 Å². The van der Waals surface area contributed by atoms with Gasteiger partial charge in [0.25, 0.3) is 0 Å². The summed E-state index contributed by atoms with van der Waals surface area (Å²) in [6.45, 7) is 4.09. The molecule has 13 heteroatoms. The largest absolute Gasteiger partial charge is 0.368 e. The van der Waals surface area contributed by atoms with Gasteiger partial charge in [-0.1, -0.05) is 0 Å². The van der Waals surface area contributed by atoms with Gasteiger partial charge in [0.15, 0.2) is 5.65 Å². The maximum Gasteiger partial charge on any atom is 0.241 e. The van der Waals surface area contributed by atoms with Gasteiger partial charge < -0.3 is 15.1 Å². The van der Waals surface area contributed by atoms with Crippen molar-refractivity contribution in [3.63, 3.8) is 0 Å². The Bertz CT molecular complexity index is 1220. The van der Waals surface area contributed by atoms with E-state index >= 15 is 0 Å². The first kappa shape index (κ1) is 20.7. The molecule has 1 saturated heterocycles. The second kappa shape index (κ2) is 9.14. The minimum atomic E-state index is -0.232. The first-order chi connectivity index (χ1) is 16.2. The van der Waals surface area contributed by atoms with Gasteiger partial charge in [0, 0.05) is 38.4 Å². The molecule has 1 fully saturated rings. The highest BCUT2D eigenvalue weighted by molar-refractivity contribution is 5.86. The van der Waals surface area contributed by atoms with E-state index in [2.05, 4.69) is 45.7 Å². The molecule has 4 heterocycles. The highest BCUT2D eigenvalue weighted by Gasteiger charge is 2.21. The standard InChI is InChI=1S/C20H22FN11O/c21-15-1-3-16(4-2-15)29-7-9-30(10-8-29)19-17-11-26-32(20(17)24-13-23-19)6-5-22-18(33)12-31-14-25-27-28-31/h1-4,11,13-14H,5-10,12H2,(H,22,33). The molecule has 170 valence electrons. The predicted molar refractivity (Wildman–Crippen MR) is 117 cm³/mol. The van der Waals surface area contributed by atoms with Gasteiger partial charge >= 0.3 is 0 Å². The number of rotatable bonds is 7. The lowest BCUT2D eigenvalue weighted by Gasteiger charge is -2.36. The van der Waals surface area contributed by atoms with Gasteiger partial charge in [-0.3, -0.25) is 4.79 Å². The Morgan fingerprint density at radius 2 is 1.85 bits per heavy atom. The number of halogens is 1. The molecule has 5 rings (SSSR count). The van der Waals surface area contributed by atoms with Crippen LogP contribution in [0.4, 0.5) is 15.9 Å². The monoisotopic (exact) mass is 451 g/mol. The lowest BCUT2D eigenvalue weighted by atomic mass is 10.2. The van der Waals surface area contributed by atoms with Crippen LogP contribution in [0.2, 0.25) is 0 Å². The highest BCUT2D eigenvalue weighted by Crippen LogP contribution is 2.25. The van der Waals surface area contributed by atoms with Gasteiger partial charge in [-0.2, -0.15) is 5.10 Å². The molecule has 33 heavy (non-hydrogen) atoms. The minimum absolute atomic E-state index is 0.0586. The van der Waals surface area contributed by atoms with Crippen LogP contribution in [0, 0.1) is 5.82 Å². The van der Waals surface area contributed by atoms with Crippen LogP contribution in [0.5, 0.6) is 0 Å². The van der Waals surface area contributed by atoms with Crippen molar-refractivity contribution >= 4 is 28.4 Å². The van der Waals surface area contributed by atoms with E-state index in [4.69, 9.17) is 0 Å². The number of carbonyl (C=O) groups excluding carboxylic acids is 1. The van der Waals surface area contributed by atoms with Crippen molar-refractivity contribution in [1.82, 2.24) is 45.3 Å². The zero-order chi connectivity index (χ0) is 22.6. The third-order valence-electron chi connectivity index (χ3n) is 5.53. The van der Waals surface area contributed by atoms with E-state index in [1.54, 1.807) is 29.3 Å². The van der Waals surface area contributed by atoms with E-state index in [0.29, 0.717) is 13.1 Å². The van der Waals surface area contributed by atoms with E-state index in [-0.39, 0.29) is 18.3 Å². The molecule has 0 spiro atoms. The van der Waals surface area contributed by atoms with Crippen LogP contribution < -0.4 is 15.1 Å². The predicted octanol–water partition coefficient (Wildman–Crippen LogP) is 0.0949. The summed E-state index contributed by atoms with van der Waals surface area (Å²) in [6.07, 6.45) is 4.69. The molecule has 0 aliphatic carbocycles. The summed E-state index contributed by atoms with van der Waals surface area (Å²) in [5.41, 5.74) is 1.73. The lowest BCUT2D eigenvalue weighted by Crippen LogP contribution is -2.46. The molecule has 0 saturated carbocycles. The number of hydrogen-bond donors (Lipinski definition) is 1. The van der Waals surface area contributed by atoms with E-state index in [0.717, 1.165) is 48.7 Å². The summed E-state index contributed by atoms with van der Waals surface area (Å²) in [5, 5.41) is 18.8. The molecule has 0 unspecified atom stereocenters. The van der Waals surface area contributed by atoms with Gasteiger partial charge in [0.1, 0.15) is 30.8 Å². The van der Waals surface area contributed by atoms with Crippen LogP contribution in [-0.4, -0.2) is 78.6 Å². The summed E-state index contributed by atoms with van der Waals surface area (Å²) in [4.78, 5) is 25.3. The first-order valence-electron chi connectivity index (χ1n) is 10.6. The fraction of sp³-hybridized carbons (Fsp3) is 0.350. The van der Waals surface area contributed by atoms with Gasteiger partial charge in [0.05, 0.1) is 18.1 Å². The normalized spacial score (nSPS) is 14.1. The number of carbonyl (C=O) groups is 1. The van der Waals surface area contributed by atoms with E-state index in [1.165, 1.54) is 23.1 Å². The molecule has 0 radical (unpaired) electrons. The summed E-state index contributed by atoms with van der Waals surface area (Å²) in [6, 6.07) is 6.58. The number of benzene rings is 1. The molecule has 1 amide bonds. The molecule has 1 N–H and O–H groups in total. The van der Waals surface area contributed by atoms with Crippen molar-refractivity contribution in [1.29, 1.82) is 0 Å². The van der Waals surface area contributed by atoms with E-state index < -0.39 is 0 Å². The number of hydrogen-bond acceptors (Lipinski definition) is 9. The Balaban J connectivity index is 1.21. The molecule has 1 aromatic carbocycles. The Morgan fingerprint density at radius 3 is 2.61 bits per heavy atom. The highest BCUT2D eigenvalue weighted by atomic mass is 19.1. The molecule has 1 aliphatic rings. The maximum atomic E-state index is 13.2. The Labute approximate surface area is 188 Å². The van der Waals surface area contributed by atoms with Crippen molar-refractivity contribution in [2.24, 2.45) is 0 Å². The van der Waals surface area contributed by atoms with Crippen molar-refractivity contribution in [3.8, 4) is 0 Å². The average Bonchev–Trinajstić information content (AvgIpc) is 3.50. The Morgan fingerprint density at radius 1 is 1.06 bits per heavy atom. The zero-order valence-electron chi connectivity index (χ0n) is 17.7. The summed E-state index contributed by atoms with van der Waals surface area (Å²) in [7, 11) is 0. The van der Waals surface area contributed by atoms with Crippen LogP contribution in [0.1, 0.15) is 0 Å². The van der Waals surface area contributed by atoms with Crippen LogP contribution >= 0.6 is 0 Å². The number of aromatic nitrogens is 8. The van der Waals surface area contributed by atoms with Crippen molar-refractivity contribution in [2.45, 2.75) is 13.1 Å². The Hall–Kier alpha value is -4.16. The maximum absolute atomic E-state index is 13.2. The number of anilines is 2. The van der Waals surface area contributed by atoms with Crippen LogP contribution in [0.3, 0.4) is 0 Å². The molecule has 3 aromatic heterocycles. The number of nitrogens with one attached hydrogen (secondary N) is 1. The smallest absolute Gasteiger partial charge is 0.241 e. The number of amides is 1. The van der Waals surface area contributed by atoms with Crippen LogP contribution in [0.25, 0.3) is 11.0 Å². The molecule has 0 bridgehead atoms. The third kappa shape index (κ3) is 4.56. The SMILES string of the molecule is O=C(Cn1cnnn1)NCCn1ncc2c(N3CCN(c4ccc(F)cc4)CC3)ncnc21. The topological polar surface area (TPSA) is 123 Å². The molecule has 0 atom stereocenters. The summed E-state index contributed by atoms with van der Waals surface area (Å²) < 4.78 is 16.3. The molecular formula is C20H22FN11O. The van der Waals surface area contributed by atoms with Crippen LogP contribution in [-0.2, 0) is 17.9 Å². The third-order valence-corrected chi connectivity index (χ3v) is 5.53. The zero-order valence-corrected chi connectivity index (χ0v) is 17.7. The summed E-state index contributed by atoms with van der Waals surface area (Å²) in [5.74, 6) is 0.422. The average molecular weight is 451 g/mol. The van der Waals surface area contributed by atoms with Crippen LogP contribution in [0.15, 0.2) is 43.1 Å². The fourth-order valence-electron chi connectivity index (χ4n) is 3.88. The second-order valence-corrected chi connectivity index (χ2v) is 7.61. The van der Waals surface area contributed by atoms with Gasteiger partial charge in [-0.15, -0.1) is 5.10 Å². The number of tetrazole rings is 1. The van der Waals surface area contributed by atoms with Crippen molar-refractivity contribution in [2.75, 3.05) is 42.5 Å². The second-order valence-electron chi connectivity index (χ2n) is 7.61. The van der Waals surface area contributed by atoms with Gasteiger partial charge in [-0.05, 0) is 34.7 Å². The molecule has 4 aromatic rings. The van der Waals surface area contributed by atoms with Gasteiger partial charge in [-0.25, -0.2) is 23.7 Å². The minimum Gasteiger partial charge on any atom is -0.368 e. The Kier molecular flexibility index (Phi) is 5.74.